The highest BCUT2D eigenvalue weighted by Gasteiger charge is 2.36. The van der Waals surface area contributed by atoms with E-state index in [4.69, 9.17) is 5.73 Å². The standard InChI is InChI=1S/C15H22N6O/c1-9(2)14-10(4-18-19-14)15(22)21-6-11(12(16)7-21)13-5-17-8-20(13)3/h4-5,8-9,11-12H,6-7,16H2,1-3H3,(H,18,19)/t11-,12-/m1/s1. The lowest BCUT2D eigenvalue weighted by molar-refractivity contribution is 0.0787. The minimum Gasteiger partial charge on any atom is -0.337 e. The van der Waals surface area contributed by atoms with Crippen molar-refractivity contribution >= 4 is 5.91 Å². The second kappa shape index (κ2) is 5.57. The summed E-state index contributed by atoms with van der Waals surface area (Å²) in [6, 6.07) is -0.0752. The quantitative estimate of drug-likeness (QED) is 0.878. The summed E-state index contributed by atoms with van der Waals surface area (Å²) >= 11 is 0. The molecule has 7 nitrogen and oxygen atoms in total. The number of nitrogens with two attached hydrogens (primary N) is 1. The molecule has 1 amide bonds. The van der Waals surface area contributed by atoms with Crippen LogP contribution in [-0.4, -0.2) is 49.7 Å². The first kappa shape index (κ1) is 14.8. The first-order valence-corrected chi connectivity index (χ1v) is 7.53. The number of imidazole rings is 1. The van der Waals surface area contributed by atoms with Gasteiger partial charge in [0.05, 0.1) is 23.8 Å². The van der Waals surface area contributed by atoms with E-state index in [0.717, 1.165) is 11.4 Å². The molecule has 0 aromatic carbocycles. The topological polar surface area (TPSA) is 92.8 Å². The van der Waals surface area contributed by atoms with Crippen LogP contribution in [0.1, 0.15) is 47.4 Å². The van der Waals surface area contributed by atoms with E-state index in [9.17, 15) is 4.79 Å². The highest BCUT2D eigenvalue weighted by Crippen LogP contribution is 2.28. The fraction of sp³-hybridized carbons (Fsp3) is 0.533. The Morgan fingerprint density at radius 2 is 2.18 bits per heavy atom. The molecule has 1 aliphatic heterocycles. The van der Waals surface area contributed by atoms with Gasteiger partial charge >= 0.3 is 0 Å². The van der Waals surface area contributed by atoms with Crippen LogP contribution in [0.2, 0.25) is 0 Å². The number of carbonyl (C=O) groups is 1. The lowest BCUT2D eigenvalue weighted by Gasteiger charge is -2.17. The number of nitrogens with one attached hydrogen (secondary N) is 1. The summed E-state index contributed by atoms with van der Waals surface area (Å²) in [4.78, 5) is 18.7. The van der Waals surface area contributed by atoms with Crippen molar-refractivity contribution in [2.24, 2.45) is 12.8 Å². The first-order valence-electron chi connectivity index (χ1n) is 7.53. The second-order valence-electron chi connectivity index (χ2n) is 6.26. The Labute approximate surface area is 129 Å². The lowest BCUT2D eigenvalue weighted by atomic mass is 10.0. The summed E-state index contributed by atoms with van der Waals surface area (Å²) in [5, 5.41) is 6.95. The Bertz CT molecular complexity index is 673. The number of likely N-dealkylation sites (tertiary alicyclic amines) is 1. The molecular formula is C15H22N6O. The molecule has 3 N–H and O–H groups in total. The number of aromatic amines is 1. The zero-order valence-corrected chi connectivity index (χ0v) is 13.2. The number of aromatic nitrogens is 4. The van der Waals surface area contributed by atoms with Crippen molar-refractivity contribution in [3.8, 4) is 0 Å². The molecule has 0 saturated carbocycles. The molecule has 1 saturated heterocycles. The third-order valence-corrected chi connectivity index (χ3v) is 4.36. The number of hydrogen-bond acceptors (Lipinski definition) is 4. The molecular weight excluding hydrogens is 280 g/mol. The molecule has 0 bridgehead atoms. The van der Waals surface area contributed by atoms with Gasteiger partial charge in [-0.3, -0.25) is 9.89 Å². The number of amides is 1. The lowest BCUT2D eigenvalue weighted by Crippen LogP contribution is -2.32. The molecule has 2 aromatic heterocycles. The second-order valence-corrected chi connectivity index (χ2v) is 6.26. The molecule has 7 heteroatoms. The van der Waals surface area contributed by atoms with Crippen molar-refractivity contribution in [1.82, 2.24) is 24.6 Å². The van der Waals surface area contributed by atoms with Gasteiger partial charge < -0.3 is 15.2 Å². The molecule has 3 heterocycles. The van der Waals surface area contributed by atoms with Crippen molar-refractivity contribution in [2.75, 3.05) is 13.1 Å². The molecule has 1 aliphatic rings. The third-order valence-electron chi connectivity index (χ3n) is 4.36. The van der Waals surface area contributed by atoms with Crippen molar-refractivity contribution in [3.05, 3.63) is 35.7 Å². The number of H-pyrrole nitrogens is 1. The molecule has 0 radical (unpaired) electrons. The van der Waals surface area contributed by atoms with Crippen molar-refractivity contribution in [2.45, 2.75) is 31.7 Å². The van der Waals surface area contributed by atoms with Gasteiger partial charge in [0.15, 0.2) is 0 Å². The molecule has 3 rings (SSSR count). The van der Waals surface area contributed by atoms with E-state index < -0.39 is 0 Å². The highest BCUT2D eigenvalue weighted by molar-refractivity contribution is 5.95. The van der Waals surface area contributed by atoms with Gasteiger partial charge in [0.1, 0.15) is 0 Å². The van der Waals surface area contributed by atoms with Crippen molar-refractivity contribution < 1.29 is 4.79 Å². The van der Waals surface area contributed by atoms with Crippen LogP contribution in [0.5, 0.6) is 0 Å². The van der Waals surface area contributed by atoms with Crippen LogP contribution in [0, 0.1) is 0 Å². The fourth-order valence-corrected chi connectivity index (χ4v) is 3.11. The van der Waals surface area contributed by atoms with E-state index in [1.165, 1.54) is 0 Å². The fourth-order valence-electron chi connectivity index (χ4n) is 3.11. The molecule has 0 unspecified atom stereocenters. The van der Waals surface area contributed by atoms with E-state index >= 15 is 0 Å². The van der Waals surface area contributed by atoms with Gasteiger partial charge in [-0.1, -0.05) is 13.8 Å². The summed E-state index contributed by atoms with van der Waals surface area (Å²) in [6.45, 7) is 5.25. The average molecular weight is 302 g/mol. The van der Waals surface area contributed by atoms with Crippen LogP contribution in [-0.2, 0) is 7.05 Å². The van der Waals surface area contributed by atoms with Crippen LogP contribution >= 0.6 is 0 Å². The number of hydrogen-bond donors (Lipinski definition) is 2. The molecule has 2 atom stereocenters. The zero-order chi connectivity index (χ0) is 15.9. The van der Waals surface area contributed by atoms with Crippen LogP contribution < -0.4 is 5.73 Å². The van der Waals surface area contributed by atoms with Gasteiger partial charge in [0.2, 0.25) is 0 Å². The summed E-state index contributed by atoms with van der Waals surface area (Å²) in [7, 11) is 1.95. The summed E-state index contributed by atoms with van der Waals surface area (Å²) in [5.74, 6) is 0.342. The average Bonchev–Trinajstić information content (AvgIpc) is 3.17. The largest absolute Gasteiger partial charge is 0.337 e. The molecule has 2 aromatic rings. The summed E-state index contributed by atoms with van der Waals surface area (Å²) in [5.41, 5.74) is 8.85. The number of carbonyl (C=O) groups excluding carboxylic acids is 1. The minimum atomic E-state index is -0.0752. The monoisotopic (exact) mass is 302 g/mol. The first-order chi connectivity index (χ1) is 10.5. The third kappa shape index (κ3) is 2.41. The van der Waals surface area contributed by atoms with Crippen molar-refractivity contribution in [3.63, 3.8) is 0 Å². The molecule has 22 heavy (non-hydrogen) atoms. The predicted molar refractivity (Wildman–Crippen MR) is 82.5 cm³/mol. The molecule has 1 fully saturated rings. The Kier molecular flexibility index (Phi) is 3.74. The van der Waals surface area contributed by atoms with E-state index in [-0.39, 0.29) is 23.8 Å². The van der Waals surface area contributed by atoms with Gasteiger partial charge in [-0.05, 0) is 5.92 Å². The zero-order valence-electron chi connectivity index (χ0n) is 13.2. The van der Waals surface area contributed by atoms with Crippen LogP contribution in [0.4, 0.5) is 0 Å². The van der Waals surface area contributed by atoms with E-state index in [1.807, 2.05) is 36.6 Å². The van der Waals surface area contributed by atoms with Gasteiger partial charge in [0, 0.05) is 44.0 Å². The Balaban J connectivity index is 1.81. The number of rotatable bonds is 3. The normalized spacial score (nSPS) is 21.8. The molecule has 0 spiro atoms. The van der Waals surface area contributed by atoms with Gasteiger partial charge in [-0.25, -0.2) is 4.98 Å². The van der Waals surface area contributed by atoms with E-state index in [1.54, 1.807) is 12.5 Å². The van der Waals surface area contributed by atoms with Gasteiger partial charge in [-0.15, -0.1) is 0 Å². The Hall–Kier alpha value is -2.15. The van der Waals surface area contributed by atoms with Gasteiger partial charge in [0.25, 0.3) is 5.91 Å². The number of nitrogens with zero attached hydrogens (tertiary/aromatic N) is 4. The van der Waals surface area contributed by atoms with Gasteiger partial charge in [-0.2, -0.15) is 5.10 Å². The van der Waals surface area contributed by atoms with Crippen LogP contribution in [0.3, 0.4) is 0 Å². The predicted octanol–water partition coefficient (Wildman–Crippen LogP) is 0.833. The maximum absolute atomic E-state index is 12.8. The highest BCUT2D eigenvalue weighted by atomic mass is 16.2. The molecule has 0 aliphatic carbocycles. The van der Waals surface area contributed by atoms with Crippen LogP contribution in [0.25, 0.3) is 0 Å². The maximum atomic E-state index is 12.8. The minimum absolute atomic E-state index is 0.00225. The Morgan fingerprint density at radius 1 is 1.41 bits per heavy atom. The van der Waals surface area contributed by atoms with Crippen molar-refractivity contribution in [1.29, 1.82) is 0 Å². The summed E-state index contributed by atoms with van der Waals surface area (Å²) in [6.07, 6.45) is 5.20. The maximum Gasteiger partial charge on any atom is 0.257 e. The number of aryl methyl sites for hydroxylation is 1. The summed E-state index contributed by atoms with van der Waals surface area (Å²) < 4.78 is 1.97. The molecule has 118 valence electrons. The van der Waals surface area contributed by atoms with Crippen LogP contribution in [0.15, 0.2) is 18.7 Å². The van der Waals surface area contributed by atoms with E-state index in [2.05, 4.69) is 15.2 Å². The van der Waals surface area contributed by atoms with E-state index in [0.29, 0.717) is 18.7 Å². The Morgan fingerprint density at radius 3 is 2.82 bits per heavy atom. The SMILES string of the molecule is CC(C)c1[nH]ncc1C(=O)N1C[C@@H](N)[C@H](c2cncn2C)C1. The smallest absolute Gasteiger partial charge is 0.257 e.